The lowest BCUT2D eigenvalue weighted by atomic mass is 10.1. The summed E-state index contributed by atoms with van der Waals surface area (Å²) in [5.41, 5.74) is 0.257. The number of hydrogen-bond acceptors (Lipinski definition) is 3. The summed E-state index contributed by atoms with van der Waals surface area (Å²) >= 11 is -0.0295. The van der Waals surface area contributed by atoms with Crippen LogP contribution in [0.3, 0.4) is 0 Å². The molecule has 0 fully saturated rings. The third-order valence-electron chi connectivity index (χ3n) is 2.48. The lowest BCUT2D eigenvalue weighted by Gasteiger charge is -2.15. The van der Waals surface area contributed by atoms with Gasteiger partial charge in [-0.1, -0.05) is 24.8 Å². The molecule has 0 aromatic carbocycles. The fourth-order valence-electron chi connectivity index (χ4n) is 1.47. The maximum atomic E-state index is 12.4. The van der Waals surface area contributed by atoms with Gasteiger partial charge in [0, 0.05) is 10.5 Å². The fourth-order valence-corrected chi connectivity index (χ4v) is 1.64. The Morgan fingerprint density at radius 2 is 2.10 bits per heavy atom. The third kappa shape index (κ3) is 7.09. The van der Waals surface area contributed by atoms with Crippen molar-refractivity contribution in [1.29, 1.82) is 0 Å². The minimum atomic E-state index is -0.569. The summed E-state index contributed by atoms with van der Waals surface area (Å²) in [5, 5.41) is 2.64. The van der Waals surface area contributed by atoms with E-state index in [1.165, 1.54) is 13.0 Å². The standard InChI is InChI=1S/C15H20FNO2S/c1-5-7-9-14(12(4)18)17-15(19)13(8-6-2)10-11(3)20-16/h5-6,8,10,14H,1,3,7,9H2,2,4H3,(H,17,19)/b8-6-,13-10+. The predicted octanol–water partition coefficient (Wildman–Crippen LogP) is 3.66. The first-order valence-corrected chi connectivity index (χ1v) is 6.92. The summed E-state index contributed by atoms with van der Waals surface area (Å²) in [6, 6.07) is -0.569. The molecule has 5 heteroatoms. The molecule has 0 heterocycles. The van der Waals surface area contributed by atoms with Crippen LogP contribution in [0.1, 0.15) is 26.7 Å². The highest BCUT2D eigenvalue weighted by Crippen LogP contribution is 2.17. The van der Waals surface area contributed by atoms with E-state index < -0.39 is 11.9 Å². The number of carbonyl (C=O) groups is 2. The molecule has 110 valence electrons. The summed E-state index contributed by atoms with van der Waals surface area (Å²) in [5.74, 6) is -0.554. The summed E-state index contributed by atoms with van der Waals surface area (Å²) in [6.45, 7) is 10.2. The molecule has 1 amide bonds. The lowest BCUT2D eigenvalue weighted by molar-refractivity contribution is -0.124. The lowest BCUT2D eigenvalue weighted by Crippen LogP contribution is -2.40. The van der Waals surface area contributed by atoms with Crippen LogP contribution in [0.5, 0.6) is 0 Å². The average molecular weight is 297 g/mol. The number of allylic oxidation sites excluding steroid dienone is 3. The molecule has 1 atom stereocenters. The zero-order valence-corrected chi connectivity index (χ0v) is 12.6. The van der Waals surface area contributed by atoms with Crippen LogP contribution in [0.2, 0.25) is 0 Å². The second kappa shape index (κ2) is 10.2. The van der Waals surface area contributed by atoms with Crippen molar-refractivity contribution in [2.75, 3.05) is 0 Å². The largest absolute Gasteiger partial charge is 0.342 e. The van der Waals surface area contributed by atoms with Crippen molar-refractivity contribution in [3.05, 3.63) is 47.9 Å². The first kappa shape index (κ1) is 18.4. The zero-order valence-electron chi connectivity index (χ0n) is 11.8. The van der Waals surface area contributed by atoms with Crippen molar-refractivity contribution in [2.24, 2.45) is 0 Å². The highest BCUT2D eigenvalue weighted by Gasteiger charge is 2.17. The second-order valence-corrected chi connectivity index (χ2v) is 4.82. The van der Waals surface area contributed by atoms with Gasteiger partial charge in [0.05, 0.1) is 18.2 Å². The summed E-state index contributed by atoms with van der Waals surface area (Å²) in [7, 11) is 0. The molecule has 3 nitrogen and oxygen atoms in total. The Balaban J connectivity index is 4.97. The van der Waals surface area contributed by atoms with Crippen molar-refractivity contribution < 1.29 is 13.5 Å². The molecule has 0 saturated heterocycles. The van der Waals surface area contributed by atoms with Crippen LogP contribution in [0.15, 0.2) is 47.9 Å². The SMILES string of the molecule is C=CCCC(NC(=O)C(/C=C\C)=C/C(=C)SF)C(C)=O. The average Bonchev–Trinajstić information content (AvgIpc) is 2.42. The number of carbonyl (C=O) groups excluding carboxylic acids is 2. The number of nitrogens with one attached hydrogen (secondary N) is 1. The van der Waals surface area contributed by atoms with E-state index in [9.17, 15) is 13.5 Å². The van der Waals surface area contributed by atoms with Crippen LogP contribution >= 0.6 is 12.1 Å². The Bertz CT molecular complexity index is 441. The summed E-state index contributed by atoms with van der Waals surface area (Å²) in [6.07, 6.45) is 7.35. The summed E-state index contributed by atoms with van der Waals surface area (Å²) < 4.78 is 12.4. The number of rotatable bonds is 9. The van der Waals surface area contributed by atoms with Gasteiger partial charge in [0.2, 0.25) is 0 Å². The number of hydrogen-bond donors (Lipinski definition) is 1. The molecular weight excluding hydrogens is 277 g/mol. The van der Waals surface area contributed by atoms with E-state index in [1.54, 1.807) is 25.2 Å². The normalized spacial score (nSPS) is 13.1. The van der Waals surface area contributed by atoms with Crippen LogP contribution < -0.4 is 5.32 Å². The van der Waals surface area contributed by atoms with Crippen LogP contribution in [-0.2, 0) is 9.59 Å². The van der Waals surface area contributed by atoms with Crippen LogP contribution in [0.4, 0.5) is 3.89 Å². The minimum Gasteiger partial charge on any atom is -0.342 e. The molecule has 0 aliphatic heterocycles. The molecule has 0 aromatic heterocycles. The first-order chi connectivity index (χ1) is 9.46. The van der Waals surface area contributed by atoms with Crippen molar-refractivity contribution in [3.63, 3.8) is 0 Å². The Labute approximate surface area is 124 Å². The Kier molecular flexibility index (Phi) is 9.38. The Morgan fingerprint density at radius 3 is 2.55 bits per heavy atom. The molecule has 0 rings (SSSR count). The number of Topliss-reactive ketones (excluding diaryl/α,β-unsaturated/α-hetero) is 1. The monoisotopic (exact) mass is 297 g/mol. The van der Waals surface area contributed by atoms with Gasteiger partial charge < -0.3 is 5.32 Å². The molecule has 0 aliphatic carbocycles. The van der Waals surface area contributed by atoms with E-state index >= 15 is 0 Å². The van der Waals surface area contributed by atoms with Gasteiger partial charge in [-0.3, -0.25) is 9.59 Å². The van der Waals surface area contributed by atoms with E-state index in [-0.39, 0.29) is 28.4 Å². The molecular formula is C15H20FNO2S. The van der Waals surface area contributed by atoms with E-state index in [2.05, 4.69) is 18.5 Å². The number of amides is 1. The van der Waals surface area contributed by atoms with Crippen LogP contribution in [0, 0.1) is 0 Å². The maximum Gasteiger partial charge on any atom is 0.251 e. The highest BCUT2D eigenvalue weighted by molar-refractivity contribution is 7.98. The second-order valence-electron chi connectivity index (χ2n) is 4.15. The highest BCUT2D eigenvalue weighted by atomic mass is 32.2. The van der Waals surface area contributed by atoms with E-state index in [0.717, 1.165) is 0 Å². The molecule has 0 radical (unpaired) electrons. The molecule has 0 aromatic rings. The van der Waals surface area contributed by atoms with Crippen molar-refractivity contribution >= 4 is 23.8 Å². The van der Waals surface area contributed by atoms with E-state index in [4.69, 9.17) is 0 Å². The molecule has 0 aliphatic rings. The van der Waals surface area contributed by atoms with Crippen LogP contribution in [0.25, 0.3) is 0 Å². The van der Waals surface area contributed by atoms with Crippen LogP contribution in [-0.4, -0.2) is 17.7 Å². The van der Waals surface area contributed by atoms with Gasteiger partial charge in [0.1, 0.15) is 0 Å². The number of halogens is 1. The third-order valence-corrected chi connectivity index (χ3v) is 2.80. The minimum absolute atomic E-state index is 0.0295. The van der Waals surface area contributed by atoms with Gasteiger partial charge in [-0.05, 0) is 32.8 Å². The van der Waals surface area contributed by atoms with Gasteiger partial charge in [0.15, 0.2) is 5.78 Å². The molecule has 0 spiro atoms. The topological polar surface area (TPSA) is 46.2 Å². The van der Waals surface area contributed by atoms with Gasteiger partial charge >= 0.3 is 0 Å². The Morgan fingerprint density at radius 1 is 1.45 bits per heavy atom. The predicted molar refractivity (Wildman–Crippen MR) is 82.8 cm³/mol. The van der Waals surface area contributed by atoms with Gasteiger partial charge in [0.25, 0.3) is 5.91 Å². The zero-order chi connectivity index (χ0) is 15.5. The molecule has 0 bridgehead atoms. The fraction of sp³-hybridized carbons (Fsp3) is 0.333. The van der Waals surface area contributed by atoms with Gasteiger partial charge in [-0.25, -0.2) is 0 Å². The van der Waals surface area contributed by atoms with Crippen molar-refractivity contribution in [2.45, 2.75) is 32.7 Å². The first-order valence-electron chi connectivity index (χ1n) is 6.20. The molecule has 20 heavy (non-hydrogen) atoms. The number of ketones is 1. The molecule has 1 unspecified atom stereocenters. The Hall–Kier alpha value is -1.62. The van der Waals surface area contributed by atoms with Crippen molar-refractivity contribution in [3.8, 4) is 0 Å². The smallest absolute Gasteiger partial charge is 0.251 e. The van der Waals surface area contributed by atoms with Crippen molar-refractivity contribution in [1.82, 2.24) is 5.32 Å². The molecule has 1 N–H and O–H groups in total. The summed E-state index contributed by atoms with van der Waals surface area (Å²) in [4.78, 5) is 23.7. The van der Waals surface area contributed by atoms with E-state index in [1.807, 2.05) is 0 Å². The van der Waals surface area contributed by atoms with E-state index in [0.29, 0.717) is 12.8 Å². The van der Waals surface area contributed by atoms with Gasteiger partial charge in [-0.2, -0.15) is 3.89 Å². The van der Waals surface area contributed by atoms with Gasteiger partial charge in [-0.15, -0.1) is 6.58 Å². The maximum absolute atomic E-state index is 12.4. The quantitative estimate of drug-likeness (QED) is 0.401. The molecule has 0 saturated carbocycles.